The number of hydrogen-bond donors (Lipinski definition) is 1. The molecular weight excluding hydrogens is 151 g/mol. The Balaban J connectivity index is 2.71. The van der Waals surface area contributed by atoms with Gasteiger partial charge < -0.3 is 9.59 Å². The Bertz CT molecular complexity index is 410. The molecule has 1 N–H and O–H groups in total. The zero-order valence-electron chi connectivity index (χ0n) is 6.86. The summed E-state index contributed by atoms with van der Waals surface area (Å²) >= 11 is 0. The quantitative estimate of drug-likeness (QED) is 0.573. The predicted molar refractivity (Wildman–Crippen MR) is 49.7 cm³/mol. The van der Waals surface area contributed by atoms with Crippen LogP contribution in [-0.2, 0) is 7.05 Å². The molecule has 0 spiro atoms. The second-order valence-corrected chi connectivity index (χ2v) is 2.84. The third-order valence-electron chi connectivity index (χ3n) is 1.97. The normalized spacial score (nSPS) is 10.5. The molecular formula is C8H9BN2O. The van der Waals surface area contributed by atoms with Gasteiger partial charge in [-0.15, -0.1) is 0 Å². The Morgan fingerprint density at radius 3 is 3.08 bits per heavy atom. The van der Waals surface area contributed by atoms with Crippen molar-refractivity contribution in [2.24, 2.45) is 7.05 Å². The van der Waals surface area contributed by atoms with E-state index in [0.29, 0.717) is 0 Å². The Kier molecular flexibility index (Phi) is 1.62. The molecule has 0 aliphatic carbocycles. The highest BCUT2D eigenvalue weighted by atomic mass is 16.2. The first kappa shape index (κ1) is 7.37. The maximum absolute atomic E-state index is 8.90. The smallest absolute Gasteiger partial charge is 0.304 e. The summed E-state index contributed by atoms with van der Waals surface area (Å²) in [6.07, 6.45) is 1.77. The molecule has 1 aromatic carbocycles. The van der Waals surface area contributed by atoms with Gasteiger partial charge in [0.1, 0.15) is 0 Å². The predicted octanol–water partition coefficient (Wildman–Crippen LogP) is -0.458. The largest absolute Gasteiger partial charge is 0.449 e. The SMILES string of the molecule is Cn1cnc2ccc(BO)cc21. The lowest BCUT2D eigenvalue weighted by Gasteiger charge is -1.96. The lowest BCUT2D eigenvalue weighted by Crippen LogP contribution is -2.12. The van der Waals surface area contributed by atoms with Gasteiger partial charge in [-0.3, -0.25) is 0 Å². The standard InChI is InChI=1S/C8H9BN2O/c1-11-5-10-7-3-2-6(9-12)4-8(7)11/h2-5,9,12H,1H3. The van der Waals surface area contributed by atoms with Crippen molar-refractivity contribution in [2.45, 2.75) is 0 Å². The van der Waals surface area contributed by atoms with Crippen molar-refractivity contribution in [2.75, 3.05) is 0 Å². The summed E-state index contributed by atoms with van der Waals surface area (Å²) in [6, 6.07) is 5.75. The van der Waals surface area contributed by atoms with Gasteiger partial charge in [0.15, 0.2) is 0 Å². The lowest BCUT2D eigenvalue weighted by atomic mass is 9.89. The van der Waals surface area contributed by atoms with Crippen LogP contribution in [0.3, 0.4) is 0 Å². The summed E-state index contributed by atoms with van der Waals surface area (Å²) in [6.45, 7) is 0. The first-order chi connectivity index (χ1) is 5.81. The molecule has 0 radical (unpaired) electrons. The van der Waals surface area contributed by atoms with Crippen molar-refractivity contribution in [3.63, 3.8) is 0 Å². The zero-order chi connectivity index (χ0) is 8.55. The molecule has 0 unspecified atom stereocenters. The number of rotatable bonds is 1. The summed E-state index contributed by atoms with van der Waals surface area (Å²) in [5, 5.41) is 8.90. The van der Waals surface area contributed by atoms with Crippen LogP contribution in [-0.4, -0.2) is 22.1 Å². The van der Waals surface area contributed by atoms with Crippen LogP contribution in [0, 0.1) is 0 Å². The van der Waals surface area contributed by atoms with Crippen molar-refractivity contribution in [3.05, 3.63) is 24.5 Å². The molecule has 12 heavy (non-hydrogen) atoms. The molecule has 4 heteroatoms. The van der Waals surface area contributed by atoms with E-state index in [1.54, 1.807) is 6.33 Å². The number of hydrogen-bond acceptors (Lipinski definition) is 2. The Morgan fingerprint density at radius 1 is 1.50 bits per heavy atom. The minimum absolute atomic E-state index is 0.0844. The summed E-state index contributed by atoms with van der Waals surface area (Å²) in [4.78, 5) is 4.17. The molecule has 0 aliphatic heterocycles. The molecule has 2 rings (SSSR count). The topological polar surface area (TPSA) is 38.0 Å². The van der Waals surface area contributed by atoms with Crippen LogP contribution < -0.4 is 5.46 Å². The van der Waals surface area contributed by atoms with Crippen LogP contribution in [0.4, 0.5) is 0 Å². The molecule has 0 fully saturated rings. The fourth-order valence-electron chi connectivity index (χ4n) is 1.27. The second kappa shape index (κ2) is 2.64. The van der Waals surface area contributed by atoms with Gasteiger partial charge in [-0.25, -0.2) is 4.98 Å². The average molecular weight is 160 g/mol. The van der Waals surface area contributed by atoms with Crippen molar-refractivity contribution in [1.82, 2.24) is 9.55 Å². The van der Waals surface area contributed by atoms with E-state index < -0.39 is 0 Å². The highest BCUT2D eigenvalue weighted by Crippen LogP contribution is 2.07. The number of fused-ring (bicyclic) bond motifs is 1. The first-order valence-electron chi connectivity index (χ1n) is 3.82. The number of benzene rings is 1. The summed E-state index contributed by atoms with van der Waals surface area (Å²) in [5.74, 6) is 0. The third kappa shape index (κ3) is 1.01. The van der Waals surface area contributed by atoms with E-state index in [4.69, 9.17) is 5.02 Å². The van der Waals surface area contributed by atoms with E-state index in [2.05, 4.69) is 4.98 Å². The Labute approximate surface area is 70.9 Å². The summed E-state index contributed by atoms with van der Waals surface area (Å²) in [5.41, 5.74) is 2.95. The van der Waals surface area contributed by atoms with Crippen molar-refractivity contribution < 1.29 is 5.02 Å². The number of imidazole rings is 1. The van der Waals surface area contributed by atoms with E-state index >= 15 is 0 Å². The first-order valence-corrected chi connectivity index (χ1v) is 3.82. The molecule has 2 aromatic rings. The molecule has 0 atom stereocenters. The van der Waals surface area contributed by atoms with Crippen molar-refractivity contribution in [1.29, 1.82) is 0 Å². The van der Waals surface area contributed by atoms with E-state index in [0.717, 1.165) is 16.5 Å². The third-order valence-corrected chi connectivity index (χ3v) is 1.97. The Morgan fingerprint density at radius 2 is 2.33 bits per heavy atom. The van der Waals surface area contributed by atoms with Gasteiger partial charge in [-0.1, -0.05) is 11.5 Å². The number of aromatic nitrogens is 2. The fourth-order valence-corrected chi connectivity index (χ4v) is 1.27. The van der Waals surface area contributed by atoms with Crippen LogP contribution in [0.25, 0.3) is 11.0 Å². The van der Waals surface area contributed by atoms with Gasteiger partial charge in [0, 0.05) is 7.05 Å². The molecule has 60 valence electrons. The van der Waals surface area contributed by atoms with Gasteiger partial charge >= 0.3 is 7.48 Å². The molecule has 1 heterocycles. The van der Waals surface area contributed by atoms with E-state index in [1.165, 1.54) is 0 Å². The summed E-state index contributed by atoms with van der Waals surface area (Å²) < 4.78 is 1.94. The van der Waals surface area contributed by atoms with Gasteiger partial charge in [-0.05, 0) is 12.1 Å². The molecule has 0 aliphatic rings. The lowest BCUT2D eigenvalue weighted by molar-refractivity contribution is 0.615. The molecule has 0 saturated heterocycles. The Hall–Kier alpha value is -1.29. The number of nitrogens with zero attached hydrogens (tertiary/aromatic N) is 2. The van der Waals surface area contributed by atoms with E-state index in [9.17, 15) is 0 Å². The molecule has 3 nitrogen and oxygen atoms in total. The van der Waals surface area contributed by atoms with Gasteiger partial charge in [0.25, 0.3) is 0 Å². The van der Waals surface area contributed by atoms with E-state index in [-0.39, 0.29) is 7.48 Å². The highest BCUT2D eigenvalue weighted by Gasteiger charge is 2.00. The maximum atomic E-state index is 8.90. The van der Waals surface area contributed by atoms with Crippen LogP contribution in [0.1, 0.15) is 0 Å². The van der Waals surface area contributed by atoms with Crippen molar-refractivity contribution in [3.8, 4) is 0 Å². The van der Waals surface area contributed by atoms with Crippen LogP contribution in [0.5, 0.6) is 0 Å². The van der Waals surface area contributed by atoms with Crippen LogP contribution in [0.2, 0.25) is 0 Å². The van der Waals surface area contributed by atoms with Crippen LogP contribution >= 0.6 is 0 Å². The minimum atomic E-state index is 0.0844. The molecule has 0 saturated carbocycles. The van der Waals surface area contributed by atoms with E-state index in [1.807, 2.05) is 29.8 Å². The zero-order valence-corrected chi connectivity index (χ0v) is 6.86. The minimum Gasteiger partial charge on any atom is -0.449 e. The molecule has 0 bridgehead atoms. The highest BCUT2D eigenvalue weighted by molar-refractivity contribution is 6.45. The maximum Gasteiger partial charge on any atom is 0.304 e. The van der Waals surface area contributed by atoms with Gasteiger partial charge in [0.2, 0.25) is 0 Å². The van der Waals surface area contributed by atoms with Crippen LogP contribution in [0.15, 0.2) is 24.5 Å². The van der Waals surface area contributed by atoms with Gasteiger partial charge in [0.05, 0.1) is 17.4 Å². The van der Waals surface area contributed by atoms with Crippen molar-refractivity contribution >= 4 is 24.0 Å². The fraction of sp³-hybridized carbons (Fsp3) is 0.125. The second-order valence-electron chi connectivity index (χ2n) is 2.84. The molecule has 1 aromatic heterocycles. The monoisotopic (exact) mass is 160 g/mol. The molecule has 0 amide bonds. The van der Waals surface area contributed by atoms with Gasteiger partial charge in [-0.2, -0.15) is 0 Å². The number of aryl methyl sites for hydroxylation is 1. The summed E-state index contributed by atoms with van der Waals surface area (Å²) in [7, 11) is 2.03. The average Bonchev–Trinajstić information content (AvgIpc) is 2.47.